The number of piperidine rings is 2. The normalized spacial score (nSPS) is 24.3. The minimum Gasteiger partial charge on any atom is -0.338 e. The summed E-state index contributed by atoms with van der Waals surface area (Å²) in [6.07, 6.45) is 7.50. The first-order valence-electron chi connectivity index (χ1n) is 13.0. The van der Waals surface area contributed by atoms with Crippen molar-refractivity contribution in [3.05, 3.63) is 78.0 Å². The molecule has 37 heavy (non-hydrogen) atoms. The van der Waals surface area contributed by atoms with Gasteiger partial charge in [0, 0.05) is 35.5 Å². The molecule has 0 aliphatic carbocycles. The van der Waals surface area contributed by atoms with Crippen LogP contribution in [0.15, 0.2) is 66.9 Å². The maximum absolute atomic E-state index is 13.2. The average molecular weight is 493 g/mol. The highest BCUT2D eigenvalue weighted by Gasteiger charge is 2.55. The van der Waals surface area contributed by atoms with Gasteiger partial charge in [-0.1, -0.05) is 18.2 Å². The number of H-pyrrole nitrogens is 1. The van der Waals surface area contributed by atoms with Gasteiger partial charge in [0.15, 0.2) is 0 Å². The molecule has 8 nitrogen and oxygen atoms in total. The number of pyridine rings is 1. The second-order valence-electron chi connectivity index (χ2n) is 10.6. The number of rotatable bonds is 5. The van der Waals surface area contributed by atoms with Crippen molar-refractivity contribution in [2.24, 2.45) is 5.92 Å². The Balaban J connectivity index is 1.07. The molecule has 3 aliphatic heterocycles. The van der Waals surface area contributed by atoms with Crippen LogP contribution >= 0.6 is 0 Å². The SMILES string of the molecule is O=C(Nc1ccccn1)c1ccc2nc(-c3ccc(C(=O)NC45CCC[C@H]6C[C@@H](CN64)C5)cc3)[nH]c2c1. The molecule has 2 amide bonds. The Morgan fingerprint density at radius 2 is 1.89 bits per heavy atom. The van der Waals surface area contributed by atoms with Gasteiger partial charge in [-0.15, -0.1) is 0 Å². The van der Waals surface area contributed by atoms with Crippen molar-refractivity contribution in [2.45, 2.75) is 43.8 Å². The van der Waals surface area contributed by atoms with Gasteiger partial charge in [0.2, 0.25) is 0 Å². The summed E-state index contributed by atoms with van der Waals surface area (Å²) in [6.45, 7) is 1.13. The van der Waals surface area contributed by atoms with E-state index in [1.807, 2.05) is 36.4 Å². The molecular formula is C29H28N6O2. The summed E-state index contributed by atoms with van der Waals surface area (Å²) < 4.78 is 0. The van der Waals surface area contributed by atoms with Crippen molar-refractivity contribution in [3.63, 3.8) is 0 Å². The van der Waals surface area contributed by atoms with Crippen LogP contribution in [-0.2, 0) is 0 Å². The van der Waals surface area contributed by atoms with E-state index in [1.54, 1.807) is 30.5 Å². The lowest BCUT2D eigenvalue weighted by Crippen LogP contribution is -2.62. The van der Waals surface area contributed by atoms with Crippen LogP contribution in [-0.4, -0.2) is 49.9 Å². The number of fused-ring (bicyclic) bond motifs is 2. The molecule has 3 fully saturated rings. The number of nitrogens with zero attached hydrogens (tertiary/aromatic N) is 3. The first kappa shape index (κ1) is 22.2. The number of carbonyl (C=O) groups is 2. The first-order valence-corrected chi connectivity index (χ1v) is 13.0. The van der Waals surface area contributed by atoms with Crippen molar-refractivity contribution in [1.29, 1.82) is 0 Å². The van der Waals surface area contributed by atoms with Gasteiger partial charge in [-0.05, 0) is 80.5 Å². The zero-order chi connectivity index (χ0) is 25.0. The van der Waals surface area contributed by atoms with Gasteiger partial charge in [0.1, 0.15) is 11.6 Å². The predicted octanol–water partition coefficient (Wildman–Crippen LogP) is 4.58. The van der Waals surface area contributed by atoms with Gasteiger partial charge in [0.05, 0.1) is 16.7 Å². The van der Waals surface area contributed by atoms with Gasteiger partial charge in [-0.2, -0.15) is 0 Å². The van der Waals surface area contributed by atoms with Gasteiger partial charge in [-0.3, -0.25) is 14.5 Å². The molecule has 0 radical (unpaired) electrons. The third kappa shape index (κ3) is 3.88. The van der Waals surface area contributed by atoms with Gasteiger partial charge in [-0.25, -0.2) is 9.97 Å². The molecule has 4 aromatic rings. The van der Waals surface area contributed by atoms with Crippen LogP contribution in [0, 0.1) is 5.92 Å². The topological polar surface area (TPSA) is 103 Å². The summed E-state index contributed by atoms with van der Waals surface area (Å²) in [6, 6.07) is 18.9. The van der Waals surface area contributed by atoms with Crippen LogP contribution in [0.25, 0.3) is 22.4 Å². The fraction of sp³-hybridized carbons (Fsp3) is 0.310. The second kappa shape index (κ2) is 8.52. The summed E-state index contributed by atoms with van der Waals surface area (Å²) >= 11 is 0. The van der Waals surface area contributed by atoms with E-state index in [4.69, 9.17) is 0 Å². The average Bonchev–Trinajstić information content (AvgIpc) is 3.62. The number of amides is 2. The zero-order valence-corrected chi connectivity index (χ0v) is 20.4. The van der Waals surface area contributed by atoms with Crippen molar-refractivity contribution in [1.82, 2.24) is 25.2 Å². The van der Waals surface area contributed by atoms with E-state index in [0.29, 0.717) is 28.8 Å². The number of benzene rings is 2. The second-order valence-corrected chi connectivity index (χ2v) is 10.6. The molecule has 3 aliphatic rings. The molecule has 2 aromatic heterocycles. The number of hydrogen-bond acceptors (Lipinski definition) is 5. The molecule has 1 unspecified atom stereocenters. The maximum Gasteiger partial charge on any atom is 0.256 e. The molecule has 3 N–H and O–H groups in total. The van der Waals surface area contributed by atoms with E-state index in [2.05, 4.69) is 30.5 Å². The first-order chi connectivity index (χ1) is 18.1. The fourth-order valence-corrected chi connectivity index (χ4v) is 6.59. The number of aromatic amines is 1. The Morgan fingerprint density at radius 1 is 1.03 bits per heavy atom. The van der Waals surface area contributed by atoms with E-state index in [-0.39, 0.29) is 17.5 Å². The number of imidazole rings is 1. The molecule has 5 heterocycles. The summed E-state index contributed by atoms with van der Waals surface area (Å²) in [7, 11) is 0. The lowest BCUT2D eigenvalue weighted by molar-refractivity contribution is 0.00653. The molecule has 186 valence electrons. The lowest BCUT2D eigenvalue weighted by Gasteiger charge is -2.48. The van der Waals surface area contributed by atoms with Gasteiger partial charge in [0.25, 0.3) is 11.8 Å². The molecule has 3 saturated heterocycles. The van der Waals surface area contributed by atoms with Crippen molar-refractivity contribution in [3.8, 4) is 11.4 Å². The summed E-state index contributed by atoms with van der Waals surface area (Å²) in [4.78, 5) is 40.5. The summed E-state index contributed by atoms with van der Waals surface area (Å²) in [5.74, 6) is 1.68. The lowest BCUT2D eigenvalue weighted by atomic mass is 9.81. The van der Waals surface area contributed by atoms with Crippen LogP contribution in [0.4, 0.5) is 5.82 Å². The van der Waals surface area contributed by atoms with E-state index in [0.717, 1.165) is 41.9 Å². The Morgan fingerprint density at radius 3 is 2.70 bits per heavy atom. The summed E-state index contributed by atoms with van der Waals surface area (Å²) in [5, 5.41) is 6.21. The predicted molar refractivity (Wildman–Crippen MR) is 141 cm³/mol. The fourth-order valence-electron chi connectivity index (χ4n) is 6.59. The third-order valence-corrected chi connectivity index (χ3v) is 8.22. The zero-order valence-electron chi connectivity index (χ0n) is 20.4. The van der Waals surface area contributed by atoms with E-state index >= 15 is 0 Å². The van der Waals surface area contributed by atoms with Crippen molar-refractivity contribution in [2.75, 3.05) is 11.9 Å². The number of nitrogens with one attached hydrogen (secondary N) is 3. The van der Waals surface area contributed by atoms with Gasteiger partial charge >= 0.3 is 0 Å². The largest absolute Gasteiger partial charge is 0.338 e. The van der Waals surface area contributed by atoms with Crippen LogP contribution in [0.2, 0.25) is 0 Å². The van der Waals surface area contributed by atoms with Gasteiger partial charge < -0.3 is 15.6 Å². The minimum absolute atomic E-state index is 0.00656. The quantitative estimate of drug-likeness (QED) is 0.378. The molecule has 2 bridgehead atoms. The molecule has 7 rings (SSSR count). The third-order valence-electron chi connectivity index (χ3n) is 8.22. The number of anilines is 1. The van der Waals surface area contributed by atoms with Crippen LogP contribution < -0.4 is 10.6 Å². The van der Waals surface area contributed by atoms with Crippen LogP contribution in [0.5, 0.6) is 0 Å². The highest BCUT2D eigenvalue weighted by molar-refractivity contribution is 6.05. The number of aromatic nitrogens is 3. The Labute approximate surface area is 214 Å². The van der Waals surface area contributed by atoms with Crippen LogP contribution in [0.1, 0.15) is 52.8 Å². The number of carbonyl (C=O) groups excluding carboxylic acids is 2. The summed E-state index contributed by atoms with van der Waals surface area (Å²) in [5.41, 5.74) is 3.44. The highest BCUT2D eigenvalue weighted by Crippen LogP contribution is 2.49. The molecule has 2 aromatic carbocycles. The minimum atomic E-state index is -0.234. The number of hydrogen-bond donors (Lipinski definition) is 3. The monoisotopic (exact) mass is 492 g/mol. The maximum atomic E-state index is 13.2. The Hall–Kier alpha value is -4.04. The smallest absolute Gasteiger partial charge is 0.256 e. The van der Waals surface area contributed by atoms with E-state index in [1.165, 1.54) is 19.3 Å². The highest BCUT2D eigenvalue weighted by atomic mass is 16.2. The van der Waals surface area contributed by atoms with Crippen molar-refractivity contribution >= 4 is 28.7 Å². The molecule has 0 spiro atoms. The molecule has 3 atom stereocenters. The van der Waals surface area contributed by atoms with E-state index < -0.39 is 0 Å². The van der Waals surface area contributed by atoms with Crippen molar-refractivity contribution < 1.29 is 9.59 Å². The van der Waals surface area contributed by atoms with E-state index in [9.17, 15) is 9.59 Å². The Kier molecular flexibility index (Phi) is 5.11. The Bertz CT molecular complexity index is 1500. The van der Waals surface area contributed by atoms with Crippen LogP contribution in [0.3, 0.4) is 0 Å². The standard InChI is InChI=1S/C29H28N6O2/c36-27(33-25-5-1-2-13-30-25)21-10-11-23-24(15-21)32-26(31-23)19-6-8-20(9-7-19)28(37)34-29-12-3-4-22-14-18(16-29)17-35(22)29/h1-2,5-11,13,15,18,22H,3-4,12,14,16-17H2,(H,31,32)(H,34,37)(H,30,33,36)/t18-,22+,29?/m1/s1. The molecule has 8 heteroatoms. The molecular weight excluding hydrogens is 464 g/mol. The molecule has 0 saturated carbocycles.